The van der Waals surface area contributed by atoms with Crippen LogP contribution < -0.4 is 14.8 Å². The molecule has 8 heterocycles. The molecule has 2 aliphatic heterocycles. The number of H-pyrrole nitrogens is 4. The number of hydrogen-bond donors (Lipinski definition) is 5. The van der Waals surface area contributed by atoms with E-state index in [2.05, 4.69) is 238 Å². The zero-order valence-corrected chi connectivity index (χ0v) is 58.8. The van der Waals surface area contributed by atoms with E-state index in [1.54, 1.807) is 14.2 Å². The second-order valence-corrected chi connectivity index (χ2v) is 26.4. The second kappa shape index (κ2) is 27.6. The van der Waals surface area contributed by atoms with Crippen molar-refractivity contribution in [2.45, 2.75) is 95.2 Å². The molecule has 0 fully saturated rings. The number of hydrogen-bond acceptors (Lipinski definition) is 7. The van der Waals surface area contributed by atoms with E-state index in [4.69, 9.17) is 19.5 Å². The number of carbonyl (C=O) groups is 1. The molecule has 13 nitrogen and oxygen atoms in total. The Hall–Kier alpha value is -11.8. The van der Waals surface area contributed by atoms with Crippen molar-refractivity contribution in [3.05, 3.63) is 288 Å². The fourth-order valence-corrected chi connectivity index (χ4v) is 14.8. The summed E-state index contributed by atoms with van der Waals surface area (Å²) >= 11 is 0. The predicted octanol–water partition coefficient (Wildman–Crippen LogP) is 20.2. The SMILES string of the molecule is CCC1=C(C)/C(=C(\c2ccc(C(=O)NCc3cn(Cc4ccc(-c5c6ccc([nH]6)c(-c6c(C)cc(C)cc6C)c6nc(c7ccc([nH]7)c(-c7c(C)cc(C)cc7C)c7ccc5[nH]7)C=C6)cc4)nn3)cc2)c2[nH]c(/C=C/c3ccc(OC)cc3)c(CC)c2C)N=C1/C=C/c1ccc(OC)cc1. The smallest absolute Gasteiger partial charge is 0.251 e. The van der Waals surface area contributed by atoms with Crippen molar-refractivity contribution in [2.75, 3.05) is 14.2 Å². The van der Waals surface area contributed by atoms with Gasteiger partial charge in [-0.25, -0.2) is 14.7 Å². The third-order valence-electron chi connectivity index (χ3n) is 19.5. The molecule has 6 aromatic carbocycles. The van der Waals surface area contributed by atoms with Gasteiger partial charge in [-0.05, 0) is 249 Å². The maximum Gasteiger partial charge on any atom is 0.251 e. The average molecular weight is 1320 g/mol. The van der Waals surface area contributed by atoms with Gasteiger partial charge in [-0.1, -0.05) is 127 Å². The first-order chi connectivity index (χ1) is 48.5. The molecule has 0 unspecified atom stereocenters. The number of amides is 1. The standard InChI is InChI=1S/C87H82N10O3/c1-13-67-56(9)85(93-69(67)33-21-58-17-29-65(99-11)30-18-58)82(86-57(10)68(14-2)70(94-86)34-22-59-19-31-66(100-12)32-20-59)62-25-27-63(28-26-62)87(98)88-47-64-49-97(96-95-64)48-60-15-23-61(24-16-60)81-73-39-41-77(91-73)83(79-52(5)43-50(3)44-53(79)6)75-37-35-71(89-75)72-36-38-76(90-72)84(78-42-40-74(81)92-78)80-54(7)45-51(4)46-55(80)8/h15-46,49,89,91-93H,13-14,47-48H2,1-12H3,(H,88,98)/b33-21+,34-22+,72-71?,81-73?,81-74?,83-75?,83-77?,84-76?,84-78?,86-82-. The Kier molecular flexibility index (Phi) is 18.1. The number of aliphatic imine (C=N–C) groups is 1. The van der Waals surface area contributed by atoms with Crippen LogP contribution in [0.3, 0.4) is 0 Å². The Morgan fingerprint density at radius 1 is 0.530 bits per heavy atom. The molecule has 0 spiro atoms. The first-order valence-electron chi connectivity index (χ1n) is 34.3. The van der Waals surface area contributed by atoms with Gasteiger partial charge in [0, 0.05) is 61.1 Å². The topological polar surface area (TPSA) is 167 Å². The van der Waals surface area contributed by atoms with Gasteiger partial charge in [-0.2, -0.15) is 0 Å². The lowest BCUT2D eigenvalue weighted by Crippen LogP contribution is -2.23. The van der Waals surface area contributed by atoms with Gasteiger partial charge in [0.05, 0.1) is 67.5 Å². The Balaban J connectivity index is 0.754. The molecule has 2 aliphatic rings. The van der Waals surface area contributed by atoms with Crippen LogP contribution in [-0.4, -0.2) is 65.8 Å². The van der Waals surface area contributed by atoms with Crippen molar-refractivity contribution >= 4 is 80.7 Å². The van der Waals surface area contributed by atoms with Crippen molar-refractivity contribution in [1.82, 2.24) is 45.2 Å². The van der Waals surface area contributed by atoms with Crippen molar-refractivity contribution < 1.29 is 14.3 Å². The molecule has 5 N–H and O–H groups in total. The number of carbonyl (C=O) groups excluding carboxylic acids is 1. The molecule has 13 heteroatoms. The quantitative estimate of drug-likeness (QED) is 0.0573. The van der Waals surface area contributed by atoms with E-state index in [-0.39, 0.29) is 12.5 Å². The number of nitrogens with one attached hydrogen (secondary N) is 5. The summed E-state index contributed by atoms with van der Waals surface area (Å²) in [5, 5.41) is 12.2. The molecule has 0 saturated heterocycles. The lowest BCUT2D eigenvalue weighted by Gasteiger charge is -2.13. The van der Waals surface area contributed by atoms with Crippen LogP contribution in [0.5, 0.6) is 11.5 Å². The monoisotopic (exact) mass is 1310 g/mol. The summed E-state index contributed by atoms with van der Waals surface area (Å²) in [7, 11) is 3.36. The highest BCUT2D eigenvalue weighted by molar-refractivity contribution is 6.15. The molecule has 0 atom stereocenters. The van der Waals surface area contributed by atoms with Gasteiger partial charge in [-0.15, -0.1) is 5.10 Å². The number of fused-ring (bicyclic) bond motifs is 9. The number of rotatable bonds is 18. The van der Waals surface area contributed by atoms with E-state index >= 15 is 0 Å². The van der Waals surface area contributed by atoms with E-state index in [0.717, 1.165) is 153 Å². The minimum Gasteiger partial charge on any atom is -0.497 e. The number of allylic oxidation sites excluding steroid dienone is 3. The maximum atomic E-state index is 14.1. The summed E-state index contributed by atoms with van der Waals surface area (Å²) in [6.45, 7) is 22.5. The molecule has 100 heavy (non-hydrogen) atoms. The van der Waals surface area contributed by atoms with Gasteiger partial charge < -0.3 is 34.7 Å². The van der Waals surface area contributed by atoms with E-state index in [0.29, 0.717) is 17.8 Å². The molecule has 0 saturated carbocycles. The third kappa shape index (κ3) is 12.9. The van der Waals surface area contributed by atoms with Crippen molar-refractivity contribution in [3.63, 3.8) is 0 Å². The zero-order chi connectivity index (χ0) is 69.5. The highest BCUT2D eigenvalue weighted by Gasteiger charge is 2.27. The molecule has 8 bridgehead atoms. The molecule has 0 radical (unpaired) electrons. The number of nitrogens with zero attached hydrogens (tertiary/aromatic N) is 5. The molecular weight excluding hydrogens is 1230 g/mol. The van der Waals surface area contributed by atoms with Gasteiger partial charge in [0.25, 0.3) is 5.91 Å². The first-order valence-corrected chi connectivity index (χ1v) is 34.3. The maximum absolute atomic E-state index is 14.1. The van der Waals surface area contributed by atoms with Gasteiger partial charge in [-0.3, -0.25) is 4.79 Å². The minimum atomic E-state index is -0.219. The lowest BCUT2D eigenvalue weighted by atomic mass is 9.92. The molecular formula is C87H82N10O3. The summed E-state index contributed by atoms with van der Waals surface area (Å²) in [6.07, 6.45) is 16.3. The van der Waals surface area contributed by atoms with Crippen molar-refractivity contribution in [2.24, 2.45) is 4.99 Å². The van der Waals surface area contributed by atoms with Crippen LogP contribution in [0.15, 0.2) is 192 Å². The molecule has 14 rings (SSSR count). The highest BCUT2D eigenvalue weighted by Crippen LogP contribution is 2.43. The van der Waals surface area contributed by atoms with E-state index in [1.807, 2.05) is 71.5 Å². The Morgan fingerprint density at radius 3 is 1.62 bits per heavy atom. The number of ether oxygens (including phenoxy) is 2. The summed E-state index contributed by atoms with van der Waals surface area (Å²) in [4.78, 5) is 40.5. The van der Waals surface area contributed by atoms with Gasteiger partial charge >= 0.3 is 0 Å². The Bertz CT molecular complexity index is 5470. The summed E-state index contributed by atoms with van der Waals surface area (Å²) in [5.41, 5.74) is 36.1. The largest absolute Gasteiger partial charge is 0.497 e. The van der Waals surface area contributed by atoms with E-state index in [1.165, 1.54) is 55.6 Å². The molecule has 6 aromatic heterocycles. The van der Waals surface area contributed by atoms with Crippen LogP contribution in [0.2, 0.25) is 0 Å². The second-order valence-electron chi connectivity index (χ2n) is 26.4. The fraction of sp³-hybridized carbons (Fsp3) is 0.184. The molecule has 1 amide bonds. The predicted molar refractivity (Wildman–Crippen MR) is 412 cm³/mol. The zero-order valence-electron chi connectivity index (χ0n) is 58.8. The fourth-order valence-electron chi connectivity index (χ4n) is 14.8. The summed E-state index contributed by atoms with van der Waals surface area (Å²) in [5.74, 6) is 1.40. The number of aromatic amines is 4. The van der Waals surface area contributed by atoms with Crippen LogP contribution in [0, 0.1) is 48.5 Å². The normalized spacial score (nSPS) is 13.2. The van der Waals surface area contributed by atoms with Crippen molar-refractivity contribution in [1.29, 1.82) is 0 Å². The Morgan fingerprint density at radius 2 is 1.05 bits per heavy atom. The van der Waals surface area contributed by atoms with Crippen molar-refractivity contribution in [3.8, 4) is 44.9 Å². The molecule has 498 valence electrons. The Labute approximate surface area is 583 Å². The number of benzene rings is 6. The number of aryl methyl sites for hydroxylation is 6. The lowest BCUT2D eigenvalue weighted by molar-refractivity contribution is 0.0950. The minimum absolute atomic E-state index is 0.196. The van der Waals surface area contributed by atoms with Crippen LogP contribution in [0.4, 0.5) is 0 Å². The van der Waals surface area contributed by atoms with E-state index < -0.39 is 0 Å². The van der Waals surface area contributed by atoms with Gasteiger partial charge in [0.1, 0.15) is 17.2 Å². The van der Waals surface area contributed by atoms with Gasteiger partial charge in [0.2, 0.25) is 0 Å². The summed E-state index contributed by atoms with van der Waals surface area (Å²) in [6, 6.07) is 54.8. The van der Waals surface area contributed by atoms with Crippen LogP contribution in [0.1, 0.15) is 133 Å². The average Bonchev–Trinajstić information content (AvgIpc) is 1.65. The number of aromatic nitrogens is 8. The van der Waals surface area contributed by atoms with Gasteiger partial charge in [0.15, 0.2) is 0 Å². The van der Waals surface area contributed by atoms with E-state index in [9.17, 15) is 4.79 Å². The molecule has 0 aliphatic carbocycles. The number of methoxy groups -OCH3 is 2. The third-order valence-corrected chi connectivity index (χ3v) is 19.5. The molecule has 12 aromatic rings. The highest BCUT2D eigenvalue weighted by atomic mass is 16.5. The first kappa shape index (κ1) is 65.5. The van der Waals surface area contributed by atoms with Crippen LogP contribution >= 0.6 is 0 Å². The van der Waals surface area contributed by atoms with Crippen LogP contribution in [0.25, 0.3) is 102 Å². The van der Waals surface area contributed by atoms with Crippen LogP contribution in [-0.2, 0) is 19.5 Å². The summed E-state index contributed by atoms with van der Waals surface area (Å²) < 4.78 is 12.7.